The van der Waals surface area contributed by atoms with Gasteiger partial charge in [-0.25, -0.2) is 0 Å². The van der Waals surface area contributed by atoms with Gasteiger partial charge in [-0.05, 0) is 0 Å². The van der Waals surface area contributed by atoms with Crippen LogP contribution in [0.2, 0.25) is 0 Å². The quantitative estimate of drug-likeness (QED) is 0.160. The monoisotopic (exact) mass is 2260 g/mol. The molecule has 6 N–H and O–H groups in total. The Bertz CT molecular complexity index is 932. The van der Waals surface area contributed by atoms with Gasteiger partial charge in [-0.15, -0.1) is 0 Å². The second-order valence-corrected chi connectivity index (χ2v) is 0. The second kappa shape index (κ2) is 3600. The second-order valence-electron chi connectivity index (χ2n) is 0. The summed E-state index contributed by atoms with van der Waals surface area (Å²) in [5.74, 6) is 0. The van der Waals surface area contributed by atoms with Crippen molar-refractivity contribution in [3.8, 4) is 0 Å². The Hall–Kier alpha value is 23.9. The van der Waals surface area contributed by atoms with Crippen LogP contribution in [-0.2, 0) is 102 Å². The summed E-state index contributed by atoms with van der Waals surface area (Å²) in [4.78, 5) is 0. The van der Waals surface area contributed by atoms with E-state index in [1.165, 1.54) is 0 Å². The van der Waals surface area contributed by atoms with Crippen LogP contribution in [0.4, 0.5) is 0 Å². The molecule has 0 atom stereocenters. The number of hydrogen-bond donors (Lipinski definition) is 0. The van der Waals surface area contributed by atoms with Gasteiger partial charge in [-0.2, -0.15) is 0 Å². The van der Waals surface area contributed by atoms with Gasteiger partial charge in [0, 0.05) is 617 Å². The van der Waals surface area contributed by atoms with E-state index in [-0.39, 0.29) is 1350 Å². The molecule has 0 saturated carbocycles. The molecule has 0 amide bonds. The van der Waals surface area contributed by atoms with E-state index in [0.717, 1.165) is 0 Å². The predicted molar refractivity (Wildman–Crippen MR) is 259 cm³/mol. The van der Waals surface area contributed by atoms with E-state index in [4.69, 9.17) is 426 Å². The summed E-state index contributed by atoms with van der Waals surface area (Å²) in [6.45, 7) is 171. The standard InChI is InChI=1S/36CN.6Fe.24K.3H2O/c36*1-2;;;;;;;;;;;;;;;;;;;;;;;;;;;;;;;;;/h;;;;;;;;;;;;;;;;;;;;;;;;;;;;;;;;;;;;;;;;;;;;;;;;;;;;;;;;;;;;;;;;;;3*1H2/q36*-1;6*+4;;;;;;;;;;;;;12*+1;;;. The first-order valence-corrected chi connectivity index (χ1v) is 8.05. The molecule has 0 aliphatic heterocycles. The fourth-order valence-corrected chi connectivity index (χ4v) is 0. The maximum atomic E-state index is 6.25. The number of rotatable bonds is 0. The van der Waals surface area contributed by atoms with Crippen molar-refractivity contribution >= 4 is 617 Å². The molecule has 105 heavy (non-hydrogen) atoms. The SMILES string of the molecule is O.O.O.[C-]#N.[C-]#N.[C-]#N.[C-]#N.[C-]#N.[C-]#N.[C-]#N.[C-]#N.[C-]#N.[C-]#N.[C-]#N.[C-]#N.[C-]#N.[C-]#N.[C-]#N.[C-]#N.[C-]#N.[C-]#N.[C-]#N.[C-]#N.[C-]#N.[C-]#N.[C-]#N.[C-]#N.[C-]#N.[C-]#N.[C-]#N.[C-]#N.[C-]#N.[C-]#N.[C-]#N.[C-]#N.[C-]#N.[C-]#N.[C-]#N.[C-]#N.[Fe+4].[Fe+4].[Fe+4].[Fe+4].[Fe+4].[Fe+4].[K+].[K+].[K+].[K+].[K+].[K+].[K+].[K+].[K+].[K+].[K+].[K+].[K].[K].[K].[K].[K].[K].[K].[K].[K].[K].[K].[K]. The maximum Gasteiger partial charge on any atom is 4.00 e. The van der Waals surface area contributed by atoms with Crippen molar-refractivity contribution in [3.05, 3.63) is 237 Å². The molecule has 0 bridgehead atoms. The van der Waals surface area contributed by atoms with Gasteiger partial charge in [0.2, 0.25) is 0 Å². The van der Waals surface area contributed by atoms with Crippen molar-refractivity contribution in [2.75, 3.05) is 0 Å². The zero-order valence-corrected chi connectivity index (χ0v) is 143. The minimum absolute atomic E-state index is 0. The average molecular weight is 2260 g/mol. The average Bonchev–Trinajstić information content (AvgIpc) is 3.63. The van der Waals surface area contributed by atoms with E-state index in [0.29, 0.717) is 0 Å². The summed E-state index contributed by atoms with van der Waals surface area (Å²) in [6, 6.07) is 0. The molecule has 0 rings (SSSR count). The van der Waals surface area contributed by atoms with Gasteiger partial charge in [0.1, 0.15) is 0 Å². The Morgan fingerprint density at radius 2 is 0.0667 bits per heavy atom. The molecule has 0 saturated heterocycles. The van der Waals surface area contributed by atoms with Crippen LogP contribution in [0.5, 0.6) is 0 Å². The van der Waals surface area contributed by atoms with Crippen LogP contribution < -0.4 is 617 Å². The van der Waals surface area contributed by atoms with Gasteiger partial charge in [0.25, 0.3) is 0 Å². The molecule has 0 heterocycles. The van der Waals surface area contributed by atoms with Gasteiger partial charge < -0.3 is 442 Å². The Morgan fingerprint density at radius 1 is 0.0667 bits per heavy atom. The van der Waals surface area contributed by atoms with E-state index in [1.807, 2.05) is 0 Å². The Morgan fingerprint density at radius 3 is 0.0667 bits per heavy atom. The first-order chi connectivity index (χ1) is 36.0. The molecule has 39 nitrogen and oxygen atoms in total. The fourth-order valence-electron chi connectivity index (χ4n) is 0. The van der Waals surface area contributed by atoms with Gasteiger partial charge in [-0.1, -0.05) is 0 Å². The molecule has 0 spiro atoms. The van der Waals surface area contributed by atoms with E-state index in [2.05, 4.69) is 0 Å². The molecule has 0 aliphatic rings. The summed E-state index contributed by atoms with van der Waals surface area (Å²) >= 11 is 0. The summed E-state index contributed by atoms with van der Waals surface area (Å²) in [5.41, 5.74) is 0. The third-order valence-electron chi connectivity index (χ3n) is 0. The largest absolute Gasteiger partial charge is 4.00 e. The summed E-state index contributed by atoms with van der Waals surface area (Å²) in [7, 11) is 0. The zero-order valence-electron chi connectivity index (χ0n) is 61.7. The Labute approximate surface area is 1720 Å². The minimum Gasteiger partial charge on any atom is -0.512 e. The Kier molecular flexibility index (Phi) is 20200. The van der Waals surface area contributed by atoms with Gasteiger partial charge in [-0.3, -0.25) is 0 Å². The van der Waals surface area contributed by atoms with Gasteiger partial charge in [0.05, 0.1) is 0 Å². The predicted octanol–water partition coefficient (Wildman–Crippen LogP) is -39.5. The molecule has 0 fully saturated rings. The Balaban J connectivity index is -0.00000000188. The van der Waals surface area contributed by atoms with E-state index >= 15 is 0 Å². The molecule has 69 heteroatoms. The van der Waals surface area contributed by atoms with Crippen LogP contribution in [0.25, 0.3) is 0 Å². The summed E-state index contributed by atoms with van der Waals surface area (Å²) in [5, 5.41) is 225. The van der Waals surface area contributed by atoms with Crippen LogP contribution >= 0.6 is 0 Å². The summed E-state index contributed by atoms with van der Waals surface area (Å²) in [6.07, 6.45) is 0. The van der Waals surface area contributed by atoms with Crippen molar-refractivity contribution in [2.45, 2.75) is 0 Å². The molecule has 0 aromatic heterocycles. The third kappa shape index (κ3) is 3550. The normalized spacial score (nSPS) is 0.686. The molecule has 12 radical (unpaired) electrons. The first kappa shape index (κ1) is 588. The third-order valence-corrected chi connectivity index (χ3v) is 0. The maximum absolute atomic E-state index is 6.25. The van der Waals surface area contributed by atoms with Crippen molar-refractivity contribution in [1.82, 2.24) is 0 Å². The van der Waals surface area contributed by atoms with Crippen molar-refractivity contribution in [2.24, 2.45) is 0 Å². The van der Waals surface area contributed by atoms with Gasteiger partial charge >= 0.3 is 719 Å². The van der Waals surface area contributed by atoms with Crippen LogP contribution in [0.15, 0.2) is 0 Å². The first-order valence-electron chi connectivity index (χ1n) is 8.05. The zero-order chi connectivity index (χ0) is 72.0. The molecule has 0 unspecified atom stereocenters. The van der Waals surface area contributed by atoms with Crippen molar-refractivity contribution in [1.29, 1.82) is 189 Å². The van der Waals surface area contributed by atoms with Crippen molar-refractivity contribution < 1.29 is 735 Å². The molecule has 0 aromatic carbocycles. The molecule has 0 aromatic rings. The van der Waals surface area contributed by atoms with Crippen LogP contribution in [0.3, 0.4) is 0 Å². The molecule has 420 valence electrons. The van der Waals surface area contributed by atoms with E-state index in [1.54, 1.807) is 0 Å². The number of hydrogen-bond acceptors (Lipinski definition) is 36. The number of nitrogens with zero attached hydrogens (tertiary/aromatic N) is 36. The molecular weight excluding hydrogens is 2260 g/mol. The fraction of sp³-hybridized carbons (Fsp3) is 0. The topological polar surface area (TPSA) is 951 Å². The van der Waals surface area contributed by atoms with Crippen LogP contribution in [0, 0.1) is 426 Å². The smallest absolute Gasteiger partial charge is 0.512 e. The van der Waals surface area contributed by atoms with Crippen LogP contribution in [-0.4, -0.2) is 633 Å². The minimum atomic E-state index is 0. The van der Waals surface area contributed by atoms with Crippen LogP contribution in [0.1, 0.15) is 0 Å². The van der Waals surface area contributed by atoms with Crippen molar-refractivity contribution in [3.63, 3.8) is 0 Å². The molecular formula is C36H6Fe6K24N36O3. The summed E-state index contributed by atoms with van der Waals surface area (Å²) < 4.78 is 0. The molecule has 0 aliphatic carbocycles. The van der Waals surface area contributed by atoms with E-state index < -0.39 is 0 Å². The van der Waals surface area contributed by atoms with Gasteiger partial charge in [0.15, 0.2) is 0 Å². The van der Waals surface area contributed by atoms with E-state index in [9.17, 15) is 0 Å².